The molecule has 68 valence electrons. The molecule has 2 aromatic rings. The summed E-state index contributed by atoms with van der Waals surface area (Å²) >= 11 is 9.28. The number of hydrogen-bond acceptors (Lipinski definition) is 2. The summed E-state index contributed by atoms with van der Waals surface area (Å²) in [5, 5.41) is 8.63. The van der Waals surface area contributed by atoms with Gasteiger partial charge < -0.3 is 5.73 Å². The van der Waals surface area contributed by atoms with E-state index in [4.69, 9.17) is 17.3 Å². The van der Waals surface area contributed by atoms with Crippen molar-refractivity contribution in [3.05, 3.63) is 27.3 Å². The molecule has 0 aliphatic heterocycles. The number of benzene rings is 1. The Morgan fingerprint density at radius 2 is 2.31 bits per heavy atom. The Morgan fingerprint density at radius 3 is 3.00 bits per heavy atom. The molecule has 1 aromatic heterocycles. The van der Waals surface area contributed by atoms with E-state index in [9.17, 15) is 0 Å². The monoisotopic (exact) mass is 259 g/mol. The average molecular weight is 261 g/mol. The molecule has 0 bridgehead atoms. The third-order valence-corrected chi connectivity index (χ3v) is 2.70. The first-order chi connectivity index (χ1) is 6.22. The third kappa shape index (κ3) is 1.45. The van der Waals surface area contributed by atoms with Crippen molar-refractivity contribution in [3.8, 4) is 0 Å². The number of rotatable bonds is 1. The van der Waals surface area contributed by atoms with Gasteiger partial charge in [-0.3, -0.25) is 5.10 Å². The fourth-order valence-corrected chi connectivity index (χ4v) is 2.31. The van der Waals surface area contributed by atoms with E-state index in [1.165, 1.54) is 0 Å². The van der Waals surface area contributed by atoms with Crippen molar-refractivity contribution < 1.29 is 0 Å². The second-order valence-corrected chi connectivity index (χ2v) is 3.98. The van der Waals surface area contributed by atoms with Crippen LogP contribution in [0.15, 0.2) is 16.6 Å². The molecular weight excluding hydrogens is 253 g/mol. The summed E-state index contributed by atoms with van der Waals surface area (Å²) in [5.74, 6) is 0. The van der Waals surface area contributed by atoms with Gasteiger partial charge in [-0.1, -0.05) is 11.6 Å². The Hall–Kier alpha value is -0.580. The minimum Gasteiger partial charge on any atom is -0.325 e. The number of nitrogens with one attached hydrogen (secondary N) is 1. The van der Waals surface area contributed by atoms with Gasteiger partial charge in [0.25, 0.3) is 0 Å². The molecule has 0 atom stereocenters. The van der Waals surface area contributed by atoms with Crippen LogP contribution in [0, 0.1) is 0 Å². The third-order valence-electron chi connectivity index (χ3n) is 1.85. The van der Waals surface area contributed by atoms with Gasteiger partial charge in [-0.15, -0.1) is 0 Å². The topological polar surface area (TPSA) is 54.7 Å². The standard InChI is InChI=1S/C8H7BrClN3/c9-5-1-4(10)2-6-8(5)7(3-11)13-12-6/h1-2H,3,11H2,(H,12,13). The van der Waals surface area contributed by atoms with Crippen molar-refractivity contribution in [1.29, 1.82) is 0 Å². The van der Waals surface area contributed by atoms with Gasteiger partial charge in [0.1, 0.15) is 0 Å². The van der Waals surface area contributed by atoms with Crippen LogP contribution in [0.3, 0.4) is 0 Å². The van der Waals surface area contributed by atoms with E-state index in [0.29, 0.717) is 11.6 Å². The summed E-state index contributed by atoms with van der Waals surface area (Å²) in [4.78, 5) is 0. The Kier molecular flexibility index (Phi) is 2.27. The first kappa shape index (κ1) is 8.99. The lowest BCUT2D eigenvalue weighted by molar-refractivity contribution is 0.958. The van der Waals surface area contributed by atoms with Crippen molar-refractivity contribution in [2.75, 3.05) is 0 Å². The van der Waals surface area contributed by atoms with Crippen LogP contribution >= 0.6 is 27.5 Å². The number of fused-ring (bicyclic) bond motifs is 1. The summed E-state index contributed by atoms with van der Waals surface area (Å²) < 4.78 is 0.921. The molecule has 0 radical (unpaired) electrons. The molecule has 0 unspecified atom stereocenters. The minimum atomic E-state index is 0.441. The summed E-state index contributed by atoms with van der Waals surface area (Å²) in [6.07, 6.45) is 0. The predicted molar refractivity (Wildman–Crippen MR) is 56.7 cm³/mol. The lowest BCUT2D eigenvalue weighted by Gasteiger charge is -1.97. The van der Waals surface area contributed by atoms with Crippen molar-refractivity contribution in [2.24, 2.45) is 5.73 Å². The molecular formula is C8H7BrClN3. The van der Waals surface area contributed by atoms with E-state index in [2.05, 4.69) is 26.1 Å². The zero-order valence-electron chi connectivity index (χ0n) is 6.64. The van der Waals surface area contributed by atoms with Crippen LogP contribution in [0.2, 0.25) is 5.02 Å². The van der Waals surface area contributed by atoms with Gasteiger partial charge in [0, 0.05) is 21.4 Å². The van der Waals surface area contributed by atoms with Crippen LogP contribution in [0.4, 0.5) is 0 Å². The van der Waals surface area contributed by atoms with Crippen LogP contribution in [0.25, 0.3) is 10.9 Å². The molecule has 0 amide bonds. The second kappa shape index (κ2) is 3.29. The number of hydrogen-bond donors (Lipinski definition) is 2. The zero-order valence-corrected chi connectivity index (χ0v) is 8.98. The highest BCUT2D eigenvalue weighted by Crippen LogP contribution is 2.28. The lowest BCUT2D eigenvalue weighted by atomic mass is 10.2. The maximum absolute atomic E-state index is 5.86. The van der Waals surface area contributed by atoms with Gasteiger partial charge >= 0.3 is 0 Å². The number of aromatic nitrogens is 2. The first-order valence-corrected chi connectivity index (χ1v) is 4.91. The van der Waals surface area contributed by atoms with Crippen LogP contribution < -0.4 is 5.73 Å². The molecule has 2 rings (SSSR count). The molecule has 3 N–H and O–H groups in total. The number of nitrogens with two attached hydrogens (primary N) is 1. The summed E-state index contributed by atoms with van der Waals surface area (Å²) in [7, 11) is 0. The van der Waals surface area contributed by atoms with Gasteiger partial charge in [-0.25, -0.2) is 0 Å². The largest absolute Gasteiger partial charge is 0.325 e. The predicted octanol–water partition coefficient (Wildman–Crippen LogP) is 2.44. The molecule has 0 aliphatic carbocycles. The molecule has 5 heteroatoms. The average Bonchev–Trinajstić information content (AvgIpc) is 2.47. The van der Waals surface area contributed by atoms with Gasteiger partial charge in [0.2, 0.25) is 0 Å². The molecule has 1 aromatic carbocycles. The SMILES string of the molecule is NCc1[nH]nc2cc(Cl)cc(Br)c12. The van der Waals surface area contributed by atoms with Crippen LogP contribution in [0.1, 0.15) is 5.69 Å². The van der Waals surface area contributed by atoms with Crippen molar-refractivity contribution in [2.45, 2.75) is 6.54 Å². The molecule has 0 saturated carbocycles. The maximum atomic E-state index is 5.86. The Bertz CT molecular complexity index is 452. The molecule has 0 aliphatic rings. The quantitative estimate of drug-likeness (QED) is 0.827. The molecule has 0 saturated heterocycles. The van der Waals surface area contributed by atoms with Crippen LogP contribution in [-0.2, 0) is 6.54 Å². The Labute approximate surface area is 88.4 Å². The normalized spacial score (nSPS) is 11.0. The second-order valence-electron chi connectivity index (χ2n) is 2.69. The van der Waals surface area contributed by atoms with E-state index < -0.39 is 0 Å². The van der Waals surface area contributed by atoms with E-state index in [1.807, 2.05) is 6.07 Å². The summed E-state index contributed by atoms with van der Waals surface area (Å²) in [6, 6.07) is 3.63. The molecule has 1 heterocycles. The smallest absolute Gasteiger partial charge is 0.0950 e. The summed E-state index contributed by atoms with van der Waals surface area (Å²) in [5.41, 5.74) is 7.29. The molecule has 3 nitrogen and oxygen atoms in total. The van der Waals surface area contributed by atoms with Gasteiger partial charge in [-0.2, -0.15) is 5.10 Å². The Balaban J connectivity index is 2.82. The van der Waals surface area contributed by atoms with E-state index in [0.717, 1.165) is 21.1 Å². The molecule has 13 heavy (non-hydrogen) atoms. The van der Waals surface area contributed by atoms with Gasteiger partial charge in [0.05, 0.1) is 11.2 Å². The number of H-pyrrole nitrogens is 1. The maximum Gasteiger partial charge on any atom is 0.0950 e. The molecule has 0 fully saturated rings. The van der Waals surface area contributed by atoms with Gasteiger partial charge in [-0.05, 0) is 28.1 Å². The molecule has 0 spiro atoms. The van der Waals surface area contributed by atoms with E-state index >= 15 is 0 Å². The first-order valence-electron chi connectivity index (χ1n) is 3.74. The van der Waals surface area contributed by atoms with Crippen molar-refractivity contribution in [1.82, 2.24) is 10.2 Å². The van der Waals surface area contributed by atoms with Crippen molar-refractivity contribution >= 4 is 38.4 Å². The van der Waals surface area contributed by atoms with E-state index in [-0.39, 0.29) is 0 Å². The number of aromatic amines is 1. The van der Waals surface area contributed by atoms with Crippen LogP contribution in [-0.4, -0.2) is 10.2 Å². The number of halogens is 2. The Morgan fingerprint density at radius 1 is 1.54 bits per heavy atom. The summed E-state index contributed by atoms with van der Waals surface area (Å²) in [6.45, 7) is 0.441. The van der Waals surface area contributed by atoms with Crippen LogP contribution in [0.5, 0.6) is 0 Å². The number of nitrogens with zero attached hydrogens (tertiary/aromatic N) is 1. The fraction of sp³-hybridized carbons (Fsp3) is 0.125. The van der Waals surface area contributed by atoms with Crippen molar-refractivity contribution in [3.63, 3.8) is 0 Å². The fourth-order valence-electron chi connectivity index (χ4n) is 1.28. The zero-order chi connectivity index (χ0) is 9.42. The van der Waals surface area contributed by atoms with Gasteiger partial charge in [0.15, 0.2) is 0 Å². The van der Waals surface area contributed by atoms with E-state index in [1.54, 1.807) is 6.07 Å². The minimum absolute atomic E-state index is 0.441. The highest BCUT2D eigenvalue weighted by molar-refractivity contribution is 9.10. The highest BCUT2D eigenvalue weighted by Gasteiger charge is 2.08. The lowest BCUT2D eigenvalue weighted by Crippen LogP contribution is -1.96. The highest BCUT2D eigenvalue weighted by atomic mass is 79.9.